The van der Waals surface area contributed by atoms with Gasteiger partial charge in [0.05, 0.1) is 4.92 Å². The van der Waals surface area contributed by atoms with Gasteiger partial charge in [-0.05, 0) is 42.2 Å². The lowest BCUT2D eigenvalue weighted by atomic mass is 9.65. The van der Waals surface area contributed by atoms with Crippen molar-refractivity contribution in [3.63, 3.8) is 0 Å². The fourth-order valence-electron chi connectivity index (χ4n) is 4.74. The van der Waals surface area contributed by atoms with Crippen molar-refractivity contribution in [3.05, 3.63) is 33.9 Å². The molecule has 2 atom stereocenters. The number of hydrogen-bond donors (Lipinski definition) is 0. The molecule has 1 heterocycles. The number of rotatable bonds is 3. The van der Waals surface area contributed by atoms with Gasteiger partial charge in [0.15, 0.2) is 0 Å². The normalized spacial score (nSPS) is 29.4. The number of hydrogen-bond acceptors (Lipinski definition) is 4. The average molecular weight is 302 g/mol. The molecule has 1 aliphatic carbocycles. The highest BCUT2D eigenvalue weighted by molar-refractivity contribution is 5.80. The standard InChI is InChI=1S/C17H22N2O3/c1-16(2)7-13-8-17(3,10-16)11-18(13)14-5-4-12(9-20)6-15(14)19(21)22/h4-6,9,13H,7-8,10-11H2,1-3H3. The quantitative estimate of drug-likeness (QED) is 0.484. The monoisotopic (exact) mass is 302 g/mol. The Morgan fingerprint density at radius 2 is 2.05 bits per heavy atom. The molecule has 1 aromatic rings. The summed E-state index contributed by atoms with van der Waals surface area (Å²) in [4.78, 5) is 24.1. The minimum Gasteiger partial charge on any atom is -0.362 e. The van der Waals surface area contributed by atoms with Gasteiger partial charge in [-0.3, -0.25) is 14.9 Å². The SMILES string of the molecule is CC1(C)CC2CC(C)(CN2c2ccc(C=O)cc2[N+](=O)[O-])C1. The molecule has 0 amide bonds. The van der Waals surface area contributed by atoms with E-state index < -0.39 is 0 Å². The van der Waals surface area contributed by atoms with Gasteiger partial charge in [0, 0.05) is 24.2 Å². The predicted octanol–water partition coefficient (Wildman–Crippen LogP) is 3.81. The van der Waals surface area contributed by atoms with Crippen LogP contribution in [0.15, 0.2) is 18.2 Å². The Hall–Kier alpha value is -1.91. The van der Waals surface area contributed by atoms with E-state index in [9.17, 15) is 14.9 Å². The summed E-state index contributed by atoms with van der Waals surface area (Å²) in [5, 5.41) is 11.4. The number of fused-ring (bicyclic) bond motifs is 2. The smallest absolute Gasteiger partial charge is 0.293 e. The molecule has 2 fully saturated rings. The third-order valence-electron chi connectivity index (χ3n) is 5.06. The molecule has 2 bridgehead atoms. The number of carbonyl (C=O) groups excluding carboxylic acids is 1. The predicted molar refractivity (Wildman–Crippen MR) is 85.4 cm³/mol. The molecule has 2 unspecified atom stereocenters. The van der Waals surface area contributed by atoms with E-state index in [0.717, 1.165) is 25.8 Å². The molecule has 2 aliphatic rings. The molecular weight excluding hydrogens is 280 g/mol. The first-order chi connectivity index (χ1) is 10.2. The molecule has 0 spiro atoms. The summed E-state index contributed by atoms with van der Waals surface area (Å²) in [5.41, 5.74) is 1.53. The summed E-state index contributed by atoms with van der Waals surface area (Å²) < 4.78 is 0. The van der Waals surface area contributed by atoms with Crippen molar-refractivity contribution >= 4 is 17.7 Å². The van der Waals surface area contributed by atoms with E-state index >= 15 is 0 Å². The maximum atomic E-state index is 11.4. The molecule has 3 rings (SSSR count). The molecule has 0 aromatic heterocycles. The highest BCUT2D eigenvalue weighted by Gasteiger charge is 2.50. The first kappa shape index (κ1) is 15.0. The van der Waals surface area contributed by atoms with Gasteiger partial charge in [0.1, 0.15) is 12.0 Å². The van der Waals surface area contributed by atoms with Gasteiger partial charge >= 0.3 is 0 Å². The van der Waals surface area contributed by atoms with Crippen LogP contribution in [0.5, 0.6) is 0 Å². The van der Waals surface area contributed by atoms with Crippen molar-refractivity contribution in [2.75, 3.05) is 11.4 Å². The summed E-state index contributed by atoms with van der Waals surface area (Å²) in [6, 6.07) is 5.14. The topological polar surface area (TPSA) is 63.5 Å². The number of nitrogens with zero attached hydrogens (tertiary/aromatic N) is 2. The van der Waals surface area contributed by atoms with Crippen LogP contribution in [-0.4, -0.2) is 23.8 Å². The third kappa shape index (κ3) is 2.49. The van der Waals surface area contributed by atoms with Crippen LogP contribution in [-0.2, 0) is 0 Å². The average Bonchev–Trinajstić information content (AvgIpc) is 2.67. The summed E-state index contributed by atoms with van der Waals surface area (Å²) in [5.74, 6) is 0. The Balaban J connectivity index is 2.02. The summed E-state index contributed by atoms with van der Waals surface area (Å²) in [6.07, 6.45) is 3.94. The Morgan fingerprint density at radius 1 is 1.32 bits per heavy atom. The number of nitro benzene ring substituents is 1. The Morgan fingerprint density at radius 3 is 2.68 bits per heavy atom. The molecule has 0 N–H and O–H groups in total. The van der Waals surface area contributed by atoms with Crippen molar-refractivity contribution in [1.82, 2.24) is 0 Å². The fourth-order valence-corrected chi connectivity index (χ4v) is 4.74. The maximum Gasteiger partial charge on any atom is 0.293 e. The van der Waals surface area contributed by atoms with Crippen LogP contribution >= 0.6 is 0 Å². The van der Waals surface area contributed by atoms with E-state index in [0.29, 0.717) is 23.6 Å². The van der Waals surface area contributed by atoms with Gasteiger partial charge in [-0.25, -0.2) is 0 Å². The van der Waals surface area contributed by atoms with Crippen molar-refractivity contribution in [1.29, 1.82) is 0 Å². The lowest BCUT2D eigenvalue weighted by molar-refractivity contribution is -0.384. The third-order valence-corrected chi connectivity index (χ3v) is 5.06. The van der Waals surface area contributed by atoms with Gasteiger partial charge < -0.3 is 4.90 Å². The van der Waals surface area contributed by atoms with Gasteiger partial charge in [-0.2, -0.15) is 0 Å². The fraction of sp³-hybridized carbons (Fsp3) is 0.588. The zero-order valence-electron chi connectivity index (χ0n) is 13.3. The minimum absolute atomic E-state index is 0.0403. The maximum absolute atomic E-state index is 11.4. The Labute approximate surface area is 130 Å². The van der Waals surface area contributed by atoms with Crippen LogP contribution in [0.1, 0.15) is 50.4 Å². The zero-order valence-corrected chi connectivity index (χ0v) is 13.3. The Bertz CT molecular complexity index is 641. The molecule has 1 aromatic carbocycles. The van der Waals surface area contributed by atoms with Gasteiger partial charge in [0.2, 0.25) is 0 Å². The molecule has 1 aliphatic heterocycles. The molecule has 5 heteroatoms. The van der Waals surface area contributed by atoms with Crippen LogP contribution in [0.2, 0.25) is 0 Å². The van der Waals surface area contributed by atoms with E-state index in [4.69, 9.17) is 0 Å². The molecule has 22 heavy (non-hydrogen) atoms. The van der Waals surface area contributed by atoms with Crippen molar-refractivity contribution < 1.29 is 9.72 Å². The number of aldehydes is 1. The number of carbonyl (C=O) groups is 1. The van der Waals surface area contributed by atoms with E-state index in [-0.39, 0.29) is 21.4 Å². The molecule has 1 saturated heterocycles. The number of benzene rings is 1. The number of nitro groups is 1. The van der Waals surface area contributed by atoms with Gasteiger partial charge in [-0.1, -0.05) is 20.8 Å². The van der Waals surface area contributed by atoms with Crippen molar-refractivity contribution in [3.8, 4) is 0 Å². The van der Waals surface area contributed by atoms with Gasteiger partial charge in [0.25, 0.3) is 5.69 Å². The zero-order chi connectivity index (χ0) is 16.1. The number of anilines is 1. The van der Waals surface area contributed by atoms with Gasteiger partial charge in [-0.15, -0.1) is 0 Å². The van der Waals surface area contributed by atoms with E-state index in [1.54, 1.807) is 12.1 Å². The van der Waals surface area contributed by atoms with Crippen molar-refractivity contribution in [2.24, 2.45) is 10.8 Å². The molecule has 5 nitrogen and oxygen atoms in total. The van der Waals surface area contributed by atoms with Crippen LogP contribution in [0, 0.1) is 20.9 Å². The second kappa shape index (κ2) is 4.80. The lowest BCUT2D eigenvalue weighted by Crippen LogP contribution is -2.34. The highest BCUT2D eigenvalue weighted by Crippen LogP contribution is 2.54. The van der Waals surface area contributed by atoms with Crippen molar-refractivity contribution in [2.45, 2.75) is 46.1 Å². The second-order valence-corrected chi connectivity index (χ2v) is 7.96. The highest BCUT2D eigenvalue weighted by atomic mass is 16.6. The largest absolute Gasteiger partial charge is 0.362 e. The van der Waals surface area contributed by atoms with E-state index in [2.05, 4.69) is 25.7 Å². The first-order valence-electron chi connectivity index (χ1n) is 7.73. The summed E-state index contributed by atoms with van der Waals surface area (Å²) >= 11 is 0. The first-order valence-corrected chi connectivity index (χ1v) is 7.73. The van der Waals surface area contributed by atoms with Crippen LogP contribution in [0.4, 0.5) is 11.4 Å². The van der Waals surface area contributed by atoms with Crippen LogP contribution in [0.25, 0.3) is 0 Å². The molecule has 118 valence electrons. The molecule has 0 radical (unpaired) electrons. The summed E-state index contributed by atoms with van der Waals surface area (Å²) in [6.45, 7) is 7.70. The van der Waals surface area contributed by atoms with Crippen LogP contribution in [0.3, 0.4) is 0 Å². The minimum atomic E-state index is -0.377. The Kier molecular flexibility index (Phi) is 3.27. The molecular formula is C17H22N2O3. The second-order valence-electron chi connectivity index (χ2n) is 7.96. The lowest BCUT2D eigenvalue weighted by Gasteiger charge is -2.39. The van der Waals surface area contributed by atoms with Crippen LogP contribution < -0.4 is 4.90 Å². The molecule has 1 saturated carbocycles. The van der Waals surface area contributed by atoms with E-state index in [1.165, 1.54) is 6.07 Å². The van der Waals surface area contributed by atoms with E-state index in [1.807, 2.05) is 0 Å². The summed E-state index contributed by atoms with van der Waals surface area (Å²) in [7, 11) is 0.